The highest BCUT2D eigenvalue weighted by Gasteiger charge is 2.29. The molecule has 0 spiro atoms. The number of ketones is 1. The number of hydrogen-bond donors (Lipinski definition) is 0. The quantitative estimate of drug-likeness (QED) is 0.368. The van der Waals surface area contributed by atoms with Crippen LogP contribution in [0.15, 0.2) is 48.1 Å². The van der Waals surface area contributed by atoms with Gasteiger partial charge >= 0.3 is 5.97 Å². The van der Waals surface area contributed by atoms with Crippen LogP contribution in [0.3, 0.4) is 0 Å². The molecule has 1 aromatic carbocycles. The molecule has 0 fully saturated rings. The zero-order chi connectivity index (χ0) is 17.4. The Morgan fingerprint density at radius 3 is 2.61 bits per heavy atom. The molecule has 0 saturated heterocycles. The second kappa shape index (κ2) is 8.75. The van der Waals surface area contributed by atoms with Crippen molar-refractivity contribution < 1.29 is 14.3 Å². The summed E-state index contributed by atoms with van der Waals surface area (Å²) in [7, 11) is 1.36. The standard InChI is InChI=1S/C18H20O3.C2H2/c1-12(10-18(20)21-3)8-9-14-13(2)11-17(19)16-7-5-4-6-15(14)16;1-2/h4-10,13-14H,11H2,1-3H3;1-2H/b9-8+,12-10-;. The van der Waals surface area contributed by atoms with Gasteiger partial charge in [0.2, 0.25) is 0 Å². The van der Waals surface area contributed by atoms with Crippen molar-refractivity contribution in [3.63, 3.8) is 0 Å². The van der Waals surface area contributed by atoms with Gasteiger partial charge in [0.15, 0.2) is 5.78 Å². The Labute approximate surface area is 138 Å². The lowest BCUT2D eigenvalue weighted by Crippen LogP contribution is -2.22. The maximum absolute atomic E-state index is 12.1. The third kappa shape index (κ3) is 4.69. The molecule has 2 atom stereocenters. The Hall–Kier alpha value is -2.60. The second-order valence-corrected chi connectivity index (χ2v) is 5.49. The molecule has 2 unspecified atom stereocenters. The maximum Gasteiger partial charge on any atom is 0.330 e. The number of fused-ring (bicyclic) bond motifs is 1. The number of esters is 1. The molecular formula is C20H22O3. The smallest absolute Gasteiger partial charge is 0.330 e. The van der Waals surface area contributed by atoms with Crippen LogP contribution in [0.2, 0.25) is 0 Å². The van der Waals surface area contributed by atoms with Gasteiger partial charge in [0, 0.05) is 24.0 Å². The van der Waals surface area contributed by atoms with Crippen LogP contribution >= 0.6 is 0 Å². The number of rotatable bonds is 3. The Morgan fingerprint density at radius 2 is 1.96 bits per heavy atom. The molecular weight excluding hydrogens is 288 g/mol. The van der Waals surface area contributed by atoms with Crippen molar-refractivity contribution in [2.24, 2.45) is 5.92 Å². The molecule has 0 aliphatic heterocycles. The van der Waals surface area contributed by atoms with Gasteiger partial charge in [0.05, 0.1) is 7.11 Å². The minimum absolute atomic E-state index is 0.194. The largest absolute Gasteiger partial charge is 0.466 e. The van der Waals surface area contributed by atoms with Crippen molar-refractivity contribution in [1.29, 1.82) is 0 Å². The van der Waals surface area contributed by atoms with Gasteiger partial charge in [-0.2, -0.15) is 0 Å². The lowest BCUT2D eigenvalue weighted by molar-refractivity contribution is -0.134. The molecule has 1 aliphatic rings. The SMILES string of the molecule is C#C.COC(=O)/C=C(C)\C=C\C1c2ccccc2C(=O)CC1C. The third-order valence-electron chi connectivity index (χ3n) is 3.85. The fourth-order valence-corrected chi connectivity index (χ4v) is 2.72. The fourth-order valence-electron chi connectivity index (χ4n) is 2.72. The summed E-state index contributed by atoms with van der Waals surface area (Å²) in [5, 5.41) is 0. The second-order valence-electron chi connectivity index (χ2n) is 5.49. The summed E-state index contributed by atoms with van der Waals surface area (Å²) in [5.41, 5.74) is 2.73. The molecule has 1 aliphatic carbocycles. The summed E-state index contributed by atoms with van der Waals surface area (Å²) in [4.78, 5) is 23.3. The van der Waals surface area contributed by atoms with Crippen molar-refractivity contribution >= 4 is 11.8 Å². The van der Waals surface area contributed by atoms with E-state index in [4.69, 9.17) is 0 Å². The lowest BCUT2D eigenvalue weighted by Gasteiger charge is -2.28. The van der Waals surface area contributed by atoms with E-state index in [0.29, 0.717) is 6.42 Å². The van der Waals surface area contributed by atoms with Crippen molar-refractivity contribution in [3.8, 4) is 12.8 Å². The predicted octanol–water partition coefficient (Wildman–Crippen LogP) is 3.92. The van der Waals surface area contributed by atoms with Gasteiger partial charge in [-0.05, 0) is 24.0 Å². The van der Waals surface area contributed by atoms with E-state index in [9.17, 15) is 9.59 Å². The number of hydrogen-bond acceptors (Lipinski definition) is 3. The van der Waals surface area contributed by atoms with E-state index in [-0.39, 0.29) is 23.6 Å². The topological polar surface area (TPSA) is 43.4 Å². The molecule has 3 heteroatoms. The summed E-state index contributed by atoms with van der Waals surface area (Å²) in [6.07, 6.45) is 14.0. The van der Waals surface area contributed by atoms with Gasteiger partial charge in [-0.15, -0.1) is 12.8 Å². The van der Waals surface area contributed by atoms with Crippen molar-refractivity contribution in [2.45, 2.75) is 26.2 Å². The minimum atomic E-state index is -0.357. The molecule has 0 N–H and O–H groups in total. The Bertz CT molecular complexity index is 650. The maximum atomic E-state index is 12.1. The van der Waals surface area contributed by atoms with Crippen LogP contribution in [-0.2, 0) is 9.53 Å². The van der Waals surface area contributed by atoms with Crippen LogP contribution in [0.5, 0.6) is 0 Å². The number of carbonyl (C=O) groups is 2. The summed E-state index contributed by atoms with van der Waals surface area (Å²) in [6.45, 7) is 3.94. The molecule has 0 amide bonds. The van der Waals surface area contributed by atoms with Crippen LogP contribution in [-0.4, -0.2) is 18.9 Å². The highest BCUT2D eigenvalue weighted by atomic mass is 16.5. The van der Waals surface area contributed by atoms with E-state index in [1.54, 1.807) is 0 Å². The number of Topliss-reactive ketones (excluding diaryl/α,β-unsaturated/α-hetero) is 1. The molecule has 0 aromatic heterocycles. The molecule has 0 saturated carbocycles. The average Bonchev–Trinajstić information content (AvgIpc) is 2.56. The molecule has 23 heavy (non-hydrogen) atoms. The van der Waals surface area contributed by atoms with E-state index in [1.807, 2.05) is 37.3 Å². The summed E-state index contributed by atoms with van der Waals surface area (Å²) in [6, 6.07) is 7.76. The van der Waals surface area contributed by atoms with Gasteiger partial charge in [0.1, 0.15) is 0 Å². The van der Waals surface area contributed by atoms with Gasteiger partial charge in [-0.1, -0.05) is 43.3 Å². The number of ether oxygens (including phenoxy) is 1. The molecule has 0 radical (unpaired) electrons. The number of carbonyl (C=O) groups excluding carboxylic acids is 2. The highest BCUT2D eigenvalue weighted by molar-refractivity contribution is 5.99. The summed E-state index contributed by atoms with van der Waals surface area (Å²) in [5.74, 6) is 0.309. The minimum Gasteiger partial charge on any atom is -0.466 e. The van der Waals surface area contributed by atoms with Crippen molar-refractivity contribution in [1.82, 2.24) is 0 Å². The number of allylic oxidation sites excluding steroid dienone is 3. The summed E-state index contributed by atoms with van der Waals surface area (Å²) >= 11 is 0. The third-order valence-corrected chi connectivity index (χ3v) is 3.85. The fraction of sp³-hybridized carbons (Fsp3) is 0.300. The Balaban J connectivity index is 0.00000127. The van der Waals surface area contributed by atoms with Crippen LogP contribution < -0.4 is 0 Å². The normalized spacial score (nSPS) is 20.4. The first kappa shape index (κ1) is 18.4. The van der Waals surface area contributed by atoms with Crippen molar-refractivity contribution in [3.05, 3.63) is 59.2 Å². The van der Waals surface area contributed by atoms with E-state index in [2.05, 4.69) is 30.6 Å². The molecule has 3 nitrogen and oxygen atoms in total. The first-order valence-electron chi connectivity index (χ1n) is 7.43. The molecule has 0 heterocycles. The molecule has 1 aromatic rings. The Kier molecular flexibility index (Phi) is 7.02. The monoisotopic (exact) mass is 310 g/mol. The zero-order valence-electron chi connectivity index (χ0n) is 13.8. The van der Waals surface area contributed by atoms with E-state index in [1.165, 1.54) is 13.2 Å². The van der Waals surface area contributed by atoms with Gasteiger partial charge in [-0.25, -0.2) is 4.79 Å². The van der Waals surface area contributed by atoms with Gasteiger partial charge in [0.25, 0.3) is 0 Å². The van der Waals surface area contributed by atoms with Crippen LogP contribution in [0.4, 0.5) is 0 Å². The van der Waals surface area contributed by atoms with E-state index >= 15 is 0 Å². The van der Waals surface area contributed by atoms with Gasteiger partial charge < -0.3 is 4.74 Å². The summed E-state index contributed by atoms with van der Waals surface area (Å²) < 4.78 is 4.61. The highest BCUT2D eigenvalue weighted by Crippen LogP contribution is 2.37. The molecule has 2 rings (SSSR count). The first-order chi connectivity index (χ1) is 11.0. The predicted molar refractivity (Wildman–Crippen MR) is 92.1 cm³/mol. The number of terminal acetylenes is 1. The van der Waals surface area contributed by atoms with Crippen LogP contribution in [0.25, 0.3) is 0 Å². The molecule has 0 bridgehead atoms. The Morgan fingerprint density at radius 1 is 1.30 bits per heavy atom. The zero-order valence-corrected chi connectivity index (χ0v) is 13.8. The average molecular weight is 310 g/mol. The lowest BCUT2D eigenvalue weighted by atomic mass is 9.75. The van der Waals surface area contributed by atoms with E-state index < -0.39 is 0 Å². The van der Waals surface area contributed by atoms with Crippen molar-refractivity contribution in [2.75, 3.05) is 7.11 Å². The van der Waals surface area contributed by atoms with Gasteiger partial charge in [-0.3, -0.25) is 4.79 Å². The number of benzene rings is 1. The number of methoxy groups -OCH3 is 1. The van der Waals surface area contributed by atoms with Crippen LogP contribution in [0.1, 0.15) is 42.1 Å². The first-order valence-corrected chi connectivity index (χ1v) is 7.43. The van der Waals surface area contributed by atoms with Crippen LogP contribution in [0, 0.1) is 18.8 Å². The van der Waals surface area contributed by atoms with E-state index in [0.717, 1.165) is 16.7 Å². The molecule has 120 valence electrons.